The number of aromatic nitrogens is 2. The van der Waals surface area contributed by atoms with Crippen LogP contribution in [0.1, 0.15) is 17.0 Å². The normalized spacial score (nSPS) is 10.4. The molecule has 0 saturated carbocycles. The van der Waals surface area contributed by atoms with Crippen molar-refractivity contribution in [2.45, 2.75) is 6.92 Å². The number of aryl methyl sites for hydroxylation is 1. The van der Waals surface area contributed by atoms with E-state index in [-0.39, 0.29) is 0 Å². The Morgan fingerprint density at radius 1 is 1.14 bits per heavy atom. The standard InChI is InChI=1S/C16H16N4O/c1-12-5-4-6-15(18-12)21-16-8-7-13(11-17)14(19-16)9-10-20(2)3/h4-10H,1-3H3/b10-9+. The van der Waals surface area contributed by atoms with Crippen LogP contribution in [0.2, 0.25) is 0 Å². The summed E-state index contributed by atoms with van der Waals surface area (Å²) in [6, 6.07) is 11.0. The van der Waals surface area contributed by atoms with Gasteiger partial charge in [0.15, 0.2) is 0 Å². The van der Waals surface area contributed by atoms with Crippen molar-refractivity contribution >= 4 is 6.08 Å². The molecule has 21 heavy (non-hydrogen) atoms. The third kappa shape index (κ3) is 4.05. The van der Waals surface area contributed by atoms with Crippen molar-refractivity contribution in [2.75, 3.05) is 14.1 Å². The molecule has 0 atom stereocenters. The lowest BCUT2D eigenvalue weighted by Gasteiger charge is -2.07. The van der Waals surface area contributed by atoms with Crippen LogP contribution in [0.3, 0.4) is 0 Å². The Balaban J connectivity index is 2.29. The molecule has 0 amide bonds. The zero-order valence-electron chi connectivity index (χ0n) is 12.2. The van der Waals surface area contributed by atoms with Gasteiger partial charge in [0.05, 0.1) is 11.3 Å². The zero-order valence-corrected chi connectivity index (χ0v) is 12.2. The first kappa shape index (κ1) is 14.5. The van der Waals surface area contributed by atoms with Crippen LogP contribution in [0, 0.1) is 18.3 Å². The van der Waals surface area contributed by atoms with Crippen molar-refractivity contribution in [1.29, 1.82) is 5.26 Å². The summed E-state index contributed by atoms with van der Waals surface area (Å²) >= 11 is 0. The minimum absolute atomic E-state index is 0.408. The van der Waals surface area contributed by atoms with Crippen LogP contribution in [0.4, 0.5) is 0 Å². The molecule has 2 aromatic rings. The van der Waals surface area contributed by atoms with E-state index in [4.69, 9.17) is 10.00 Å². The van der Waals surface area contributed by atoms with E-state index >= 15 is 0 Å². The van der Waals surface area contributed by atoms with Gasteiger partial charge in [-0.15, -0.1) is 0 Å². The SMILES string of the molecule is Cc1cccc(Oc2ccc(C#N)c(/C=C/N(C)C)n2)n1. The lowest BCUT2D eigenvalue weighted by molar-refractivity contribution is 0.443. The van der Waals surface area contributed by atoms with E-state index in [2.05, 4.69) is 16.0 Å². The molecule has 5 heteroatoms. The molecule has 2 heterocycles. The van der Waals surface area contributed by atoms with Crippen LogP contribution in [0.15, 0.2) is 36.5 Å². The van der Waals surface area contributed by atoms with E-state index in [1.807, 2.05) is 44.3 Å². The maximum atomic E-state index is 9.11. The van der Waals surface area contributed by atoms with E-state index < -0.39 is 0 Å². The number of nitrogens with zero attached hydrogens (tertiary/aromatic N) is 4. The van der Waals surface area contributed by atoms with Crippen LogP contribution in [-0.4, -0.2) is 29.0 Å². The highest BCUT2D eigenvalue weighted by Gasteiger charge is 2.05. The van der Waals surface area contributed by atoms with E-state index in [1.54, 1.807) is 24.3 Å². The minimum Gasteiger partial charge on any atom is -0.421 e. The topological polar surface area (TPSA) is 62.0 Å². The fraction of sp³-hybridized carbons (Fsp3) is 0.188. The number of hydrogen-bond acceptors (Lipinski definition) is 5. The van der Waals surface area contributed by atoms with Crippen molar-refractivity contribution in [3.8, 4) is 17.8 Å². The van der Waals surface area contributed by atoms with Crippen molar-refractivity contribution in [2.24, 2.45) is 0 Å². The fourth-order valence-electron chi connectivity index (χ4n) is 1.64. The molecule has 0 aliphatic carbocycles. The number of pyridine rings is 2. The molecule has 0 fully saturated rings. The molecule has 0 N–H and O–H groups in total. The third-order valence-electron chi connectivity index (χ3n) is 2.62. The lowest BCUT2D eigenvalue weighted by atomic mass is 10.2. The van der Waals surface area contributed by atoms with Gasteiger partial charge in [0.25, 0.3) is 0 Å². The fourth-order valence-corrected chi connectivity index (χ4v) is 1.64. The van der Waals surface area contributed by atoms with Gasteiger partial charge in [-0.25, -0.2) is 9.97 Å². The third-order valence-corrected chi connectivity index (χ3v) is 2.62. The second kappa shape index (κ2) is 6.53. The summed E-state index contributed by atoms with van der Waals surface area (Å²) in [5.74, 6) is 0.889. The van der Waals surface area contributed by atoms with E-state index in [9.17, 15) is 0 Å². The van der Waals surface area contributed by atoms with Gasteiger partial charge in [0, 0.05) is 38.1 Å². The predicted molar refractivity (Wildman–Crippen MR) is 80.7 cm³/mol. The summed E-state index contributed by atoms with van der Waals surface area (Å²) in [6.45, 7) is 1.89. The molecule has 0 unspecified atom stereocenters. The first-order valence-electron chi connectivity index (χ1n) is 6.46. The van der Waals surface area contributed by atoms with E-state index in [0.717, 1.165) is 5.69 Å². The molecular formula is C16H16N4O. The van der Waals surface area contributed by atoms with Gasteiger partial charge in [-0.1, -0.05) is 6.07 Å². The number of hydrogen-bond donors (Lipinski definition) is 0. The number of nitriles is 1. The smallest absolute Gasteiger partial charge is 0.221 e. The van der Waals surface area contributed by atoms with Gasteiger partial charge in [-0.3, -0.25) is 0 Å². The van der Waals surface area contributed by atoms with Gasteiger partial charge in [0.1, 0.15) is 6.07 Å². The Hall–Kier alpha value is -2.87. The van der Waals surface area contributed by atoms with Crippen LogP contribution in [0.5, 0.6) is 11.8 Å². The van der Waals surface area contributed by atoms with Crippen LogP contribution >= 0.6 is 0 Å². The van der Waals surface area contributed by atoms with Crippen molar-refractivity contribution in [1.82, 2.24) is 14.9 Å². The highest BCUT2D eigenvalue weighted by atomic mass is 16.5. The summed E-state index contributed by atoms with van der Waals surface area (Å²) in [5, 5.41) is 9.11. The molecule has 0 spiro atoms. The Morgan fingerprint density at radius 3 is 2.57 bits per heavy atom. The van der Waals surface area contributed by atoms with Crippen molar-refractivity contribution < 1.29 is 4.74 Å². The van der Waals surface area contributed by atoms with Gasteiger partial charge >= 0.3 is 0 Å². The Bertz CT molecular complexity index is 702. The second-order valence-electron chi connectivity index (χ2n) is 4.69. The number of ether oxygens (including phenoxy) is 1. The molecular weight excluding hydrogens is 264 g/mol. The average molecular weight is 280 g/mol. The summed E-state index contributed by atoms with van der Waals surface area (Å²) < 4.78 is 5.63. The molecule has 0 bridgehead atoms. The Labute approximate surface area is 124 Å². The van der Waals surface area contributed by atoms with Crippen molar-refractivity contribution in [3.63, 3.8) is 0 Å². The van der Waals surface area contributed by atoms with Crippen LogP contribution < -0.4 is 4.74 Å². The van der Waals surface area contributed by atoms with E-state index in [0.29, 0.717) is 23.0 Å². The van der Waals surface area contributed by atoms with E-state index in [1.165, 1.54) is 0 Å². The first-order valence-corrected chi connectivity index (χ1v) is 6.46. The van der Waals surface area contributed by atoms with Gasteiger partial charge in [-0.05, 0) is 25.1 Å². The number of rotatable bonds is 4. The Morgan fingerprint density at radius 2 is 1.90 bits per heavy atom. The van der Waals surface area contributed by atoms with Crippen LogP contribution in [0.25, 0.3) is 6.08 Å². The summed E-state index contributed by atoms with van der Waals surface area (Å²) in [7, 11) is 3.80. The highest BCUT2D eigenvalue weighted by Crippen LogP contribution is 2.20. The molecule has 0 aliphatic heterocycles. The maximum Gasteiger partial charge on any atom is 0.221 e. The average Bonchev–Trinajstić information content (AvgIpc) is 2.45. The molecule has 2 rings (SSSR count). The molecule has 5 nitrogen and oxygen atoms in total. The molecule has 106 valence electrons. The Kier molecular flexibility index (Phi) is 4.52. The molecule has 0 aromatic carbocycles. The summed E-state index contributed by atoms with van der Waals surface area (Å²) in [6.07, 6.45) is 3.60. The molecule has 0 saturated heterocycles. The lowest BCUT2D eigenvalue weighted by Crippen LogP contribution is -2.01. The monoisotopic (exact) mass is 280 g/mol. The maximum absolute atomic E-state index is 9.11. The van der Waals surface area contributed by atoms with Gasteiger partial charge < -0.3 is 9.64 Å². The minimum atomic E-state index is 0.408. The second-order valence-corrected chi connectivity index (χ2v) is 4.69. The summed E-state index contributed by atoms with van der Waals surface area (Å²) in [5.41, 5.74) is 1.93. The molecule has 0 radical (unpaired) electrons. The highest BCUT2D eigenvalue weighted by molar-refractivity contribution is 5.54. The quantitative estimate of drug-likeness (QED) is 0.861. The van der Waals surface area contributed by atoms with Gasteiger partial charge in [-0.2, -0.15) is 5.26 Å². The predicted octanol–water partition coefficient (Wildman–Crippen LogP) is 2.98. The zero-order chi connectivity index (χ0) is 15.2. The molecule has 2 aromatic heterocycles. The summed E-state index contributed by atoms with van der Waals surface area (Å²) in [4.78, 5) is 10.5. The largest absolute Gasteiger partial charge is 0.421 e. The first-order chi connectivity index (χ1) is 10.1. The van der Waals surface area contributed by atoms with Gasteiger partial charge in [0.2, 0.25) is 11.8 Å². The van der Waals surface area contributed by atoms with Crippen LogP contribution in [-0.2, 0) is 0 Å². The van der Waals surface area contributed by atoms with Crippen molar-refractivity contribution in [3.05, 3.63) is 53.5 Å². The molecule has 0 aliphatic rings.